The van der Waals surface area contributed by atoms with Gasteiger partial charge in [-0.3, -0.25) is 4.79 Å². The van der Waals surface area contributed by atoms with Gasteiger partial charge in [0.2, 0.25) is 0 Å². The fourth-order valence-electron chi connectivity index (χ4n) is 2.88. The molecule has 0 aliphatic heterocycles. The van der Waals surface area contributed by atoms with Gasteiger partial charge in [0.25, 0.3) is 5.91 Å². The number of nitrogens with two attached hydrogens (primary N) is 1. The topological polar surface area (TPSA) is 48.0 Å². The monoisotopic (exact) mass is 362 g/mol. The molecule has 0 unspecified atom stereocenters. The summed E-state index contributed by atoms with van der Waals surface area (Å²) in [5.41, 5.74) is 10.4. The van der Waals surface area contributed by atoms with Crippen molar-refractivity contribution in [3.63, 3.8) is 0 Å². The summed E-state index contributed by atoms with van der Waals surface area (Å²) in [6.07, 6.45) is 1.08. The van der Waals surface area contributed by atoms with Gasteiger partial charge in [0.15, 0.2) is 0 Å². The van der Waals surface area contributed by atoms with Crippen molar-refractivity contribution in [3.8, 4) is 11.1 Å². The lowest BCUT2D eigenvalue weighted by atomic mass is 10.0. The van der Waals surface area contributed by atoms with Gasteiger partial charge < -0.3 is 10.3 Å². The number of carbonyl (C=O) groups is 1. The van der Waals surface area contributed by atoms with E-state index in [1.165, 1.54) is 0 Å². The highest BCUT2D eigenvalue weighted by molar-refractivity contribution is 9.10. The summed E-state index contributed by atoms with van der Waals surface area (Å²) in [6, 6.07) is 8.01. The van der Waals surface area contributed by atoms with Crippen LogP contribution in [-0.2, 0) is 6.54 Å². The molecular weight excluding hydrogens is 340 g/mol. The third-order valence-corrected chi connectivity index (χ3v) is 4.62. The second-order valence-electron chi connectivity index (χ2n) is 6.13. The van der Waals surface area contributed by atoms with Crippen LogP contribution in [0.2, 0.25) is 0 Å². The molecule has 0 atom stereocenters. The normalized spacial score (nSPS) is 11.2. The first kappa shape index (κ1) is 16.8. The van der Waals surface area contributed by atoms with Crippen LogP contribution in [0.15, 0.2) is 28.7 Å². The summed E-state index contributed by atoms with van der Waals surface area (Å²) in [4.78, 5) is 12.0. The zero-order valence-corrected chi connectivity index (χ0v) is 15.2. The Morgan fingerprint density at radius 2 is 1.77 bits per heavy atom. The van der Waals surface area contributed by atoms with Crippen LogP contribution >= 0.6 is 15.9 Å². The van der Waals surface area contributed by atoms with Crippen LogP contribution in [0.1, 0.15) is 42.0 Å². The first-order chi connectivity index (χ1) is 10.3. The van der Waals surface area contributed by atoms with Gasteiger partial charge in [-0.1, -0.05) is 41.9 Å². The van der Waals surface area contributed by atoms with E-state index >= 15 is 0 Å². The molecule has 3 nitrogen and oxygen atoms in total. The molecule has 1 heterocycles. The van der Waals surface area contributed by atoms with Crippen LogP contribution in [0.3, 0.4) is 0 Å². The van der Waals surface area contributed by atoms with E-state index in [1.54, 1.807) is 0 Å². The van der Waals surface area contributed by atoms with E-state index in [-0.39, 0.29) is 5.91 Å². The van der Waals surface area contributed by atoms with Crippen molar-refractivity contribution in [2.24, 2.45) is 11.7 Å². The Kier molecular flexibility index (Phi) is 5.12. The Hall–Kier alpha value is -1.55. The number of nitrogens with zero attached hydrogens (tertiary/aromatic N) is 1. The molecule has 2 aromatic rings. The molecule has 0 fully saturated rings. The average molecular weight is 363 g/mol. The first-order valence-electron chi connectivity index (χ1n) is 7.58. The number of rotatable bonds is 5. The highest BCUT2D eigenvalue weighted by Gasteiger charge is 2.22. The number of primary amides is 1. The molecule has 0 saturated heterocycles. The molecule has 2 rings (SSSR count). The molecule has 1 aromatic carbocycles. The predicted molar refractivity (Wildman–Crippen MR) is 95.0 cm³/mol. The molecule has 1 amide bonds. The van der Waals surface area contributed by atoms with Gasteiger partial charge in [-0.05, 0) is 43.9 Å². The maximum absolute atomic E-state index is 12.0. The van der Waals surface area contributed by atoms with Crippen molar-refractivity contribution in [3.05, 3.63) is 45.7 Å². The largest absolute Gasteiger partial charge is 0.366 e. The summed E-state index contributed by atoms with van der Waals surface area (Å²) in [7, 11) is 0. The van der Waals surface area contributed by atoms with Crippen molar-refractivity contribution in [2.75, 3.05) is 0 Å². The van der Waals surface area contributed by atoms with Gasteiger partial charge in [0.1, 0.15) is 0 Å². The van der Waals surface area contributed by atoms with E-state index < -0.39 is 0 Å². The van der Waals surface area contributed by atoms with E-state index in [4.69, 9.17) is 5.73 Å². The van der Waals surface area contributed by atoms with Crippen LogP contribution in [0.5, 0.6) is 0 Å². The summed E-state index contributed by atoms with van der Waals surface area (Å²) < 4.78 is 3.24. The first-order valence-corrected chi connectivity index (χ1v) is 8.37. The van der Waals surface area contributed by atoms with Crippen LogP contribution < -0.4 is 5.73 Å². The molecule has 1 aromatic heterocycles. The fourth-order valence-corrected chi connectivity index (χ4v) is 3.14. The fraction of sp³-hybridized carbons (Fsp3) is 0.389. The van der Waals surface area contributed by atoms with E-state index in [1.807, 2.05) is 31.2 Å². The summed E-state index contributed by atoms with van der Waals surface area (Å²) in [6.45, 7) is 9.37. The van der Waals surface area contributed by atoms with E-state index in [0.29, 0.717) is 11.5 Å². The minimum atomic E-state index is -0.359. The number of halogens is 1. The lowest BCUT2D eigenvalue weighted by Gasteiger charge is -2.11. The number of amides is 1. The number of aromatic nitrogens is 1. The molecule has 0 aliphatic rings. The van der Waals surface area contributed by atoms with Gasteiger partial charge in [-0.25, -0.2) is 0 Å². The maximum atomic E-state index is 12.0. The number of benzene rings is 1. The molecule has 0 spiro atoms. The summed E-state index contributed by atoms with van der Waals surface area (Å²) >= 11 is 3.45. The van der Waals surface area contributed by atoms with Crippen LogP contribution in [-0.4, -0.2) is 10.5 Å². The SMILES string of the molecule is Cc1c(C(N)=O)c(-c2ccc(Br)cc2)c(C)n1CCC(C)C. The highest BCUT2D eigenvalue weighted by Crippen LogP contribution is 2.33. The lowest BCUT2D eigenvalue weighted by molar-refractivity contribution is 0.1000. The molecule has 22 heavy (non-hydrogen) atoms. The lowest BCUT2D eigenvalue weighted by Crippen LogP contribution is -2.13. The molecular formula is C18H23BrN2O. The minimum Gasteiger partial charge on any atom is -0.366 e. The molecule has 4 heteroatoms. The van der Waals surface area contributed by atoms with Crippen LogP contribution in [0.4, 0.5) is 0 Å². The minimum absolute atomic E-state index is 0.359. The van der Waals surface area contributed by atoms with Crippen LogP contribution in [0.25, 0.3) is 11.1 Å². The quantitative estimate of drug-likeness (QED) is 0.824. The van der Waals surface area contributed by atoms with Gasteiger partial charge in [-0.15, -0.1) is 0 Å². The zero-order chi connectivity index (χ0) is 16.4. The third kappa shape index (κ3) is 3.27. The predicted octanol–water partition coefficient (Wildman–Crippen LogP) is 4.68. The highest BCUT2D eigenvalue weighted by atomic mass is 79.9. The van der Waals surface area contributed by atoms with Gasteiger partial charge >= 0.3 is 0 Å². The van der Waals surface area contributed by atoms with Crippen molar-refractivity contribution in [1.29, 1.82) is 0 Å². The molecule has 0 saturated carbocycles. The summed E-state index contributed by atoms with van der Waals surface area (Å²) in [5, 5.41) is 0. The second-order valence-corrected chi connectivity index (χ2v) is 7.04. The second kappa shape index (κ2) is 6.69. The molecule has 0 radical (unpaired) electrons. The summed E-state index contributed by atoms with van der Waals surface area (Å²) in [5.74, 6) is 0.260. The number of hydrogen-bond acceptors (Lipinski definition) is 1. The third-order valence-electron chi connectivity index (χ3n) is 4.09. The van der Waals surface area contributed by atoms with Crippen molar-refractivity contribution >= 4 is 21.8 Å². The smallest absolute Gasteiger partial charge is 0.251 e. The molecule has 118 valence electrons. The van der Waals surface area contributed by atoms with Crippen molar-refractivity contribution in [1.82, 2.24) is 4.57 Å². The Balaban J connectivity index is 2.59. The standard InChI is InChI=1S/C18H23BrN2O/c1-11(2)9-10-21-12(3)16(17(13(21)4)18(20)22)14-5-7-15(19)8-6-14/h5-8,11H,9-10H2,1-4H3,(H2,20,22). The van der Waals surface area contributed by atoms with Gasteiger partial charge in [0, 0.05) is 28.0 Å². The van der Waals surface area contributed by atoms with E-state index in [2.05, 4.69) is 41.3 Å². The van der Waals surface area contributed by atoms with E-state index in [0.717, 1.165) is 40.0 Å². The number of carbonyl (C=O) groups excluding carboxylic acids is 1. The molecule has 0 aliphatic carbocycles. The average Bonchev–Trinajstić information content (AvgIpc) is 2.69. The van der Waals surface area contributed by atoms with E-state index in [9.17, 15) is 4.79 Å². The Bertz CT molecular complexity index is 684. The van der Waals surface area contributed by atoms with Crippen molar-refractivity contribution < 1.29 is 4.79 Å². The Labute approximate surface area is 140 Å². The Morgan fingerprint density at radius 1 is 1.18 bits per heavy atom. The zero-order valence-electron chi connectivity index (χ0n) is 13.6. The number of hydrogen-bond donors (Lipinski definition) is 1. The van der Waals surface area contributed by atoms with Crippen LogP contribution in [0, 0.1) is 19.8 Å². The molecule has 2 N–H and O–H groups in total. The molecule has 0 bridgehead atoms. The van der Waals surface area contributed by atoms with Gasteiger partial charge in [0.05, 0.1) is 5.56 Å². The van der Waals surface area contributed by atoms with Crippen molar-refractivity contribution in [2.45, 2.75) is 40.7 Å². The van der Waals surface area contributed by atoms with Gasteiger partial charge in [-0.2, -0.15) is 0 Å². The maximum Gasteiger partial charge on any atom is 0.251 e. The Morgan fingerprint density at radius 3 is 2.27 bits per heavy atom.